The Morgan fingerprint density at radius 3 is 2.62 bits per heavy atom. The van der Waals surface area contributed by atoms with Crippen molar-refractivity contribution in [1.82, 2.24) is 14.8 Å². The number of rotatable bonds is 2. The maximum Gasteiger partial charge on any atom is 0.337 e. The number of carboxylic acid groups (broad SMARTS) is 1. The van der Waals surface area contributed by atoms with Gasteiger partial charge in [0.05, 0.1) is 5.56 Å². The normalized spacial score (nSPS) is 10.4. The Kier molecular flexibility index (Phi) is 2.62. The summed E-state index contributed by atoms with van der Waals surface area (Å²) in [6, 6.07) is 3.26. The minimum absolute atomic E-state index is 0.247. The van der Waals surface area contributed by atoms with Gasteiger partial charge in [0.2, 0.25) is 0 Å². The van der Waals surface area contributed by atoms with Crippen LogP contribution >= 0.6 is 11.6 Å². The standard InChI is InChI=1S/C10H8ClN3O2/c1-6-4-14(5-7(6)10(15)16)9-3-2-8(11)12-13-9/h2-5H,1H3,(H,15,16). The number of halogens is 1. The highest BCUT2D eigenvalue weighted by Crippen LogP contribution is 2.14. The van der Waals surface area contributed by atoms with Crippen LogP contribution in [0.1, 0.15) is 15.9 Å². The molecular weight excluding hydrogens is 230 g/mol. The summed E-state index contributed by atoms with van der Waals surface area (Å²) in [6.45, 7) is 1.73. The van der Waals surface area contributed by atoms with E-state index in [1.54, 1.807) is 29.8 Å². The van der Waals surface area contributed by atoms with Crippen molar-refractivity contribution in [2.24, 2.45) is 0 Å². The highest BCUT2D eigenvalue weighted by Gasteiger charge is 2.11. The molecule has 0 aromatic carbocycles. The molecule has 2 aromatic rings. The van der Waals surface area contributed by atoms with Gasteiger partial charge in [0.1, 0.15) is 0 Å². The summed E-state index contributed by atoms with van der Waals surface area (Å²) in [5.74, 6) is -0.432. The summed E-state index contributed by atoms with van der Waals surface area (Å²) in [5, 5.41) is 16.7. The molecule has 0 aliphatic heterocycles. The number of aromatic nitrogens is 3. The molecule has 2 aromatic heterocycles. The van der Waals surface area contributed by atoms with Gasteiger partial charge in [-0.05, 0) is 24.6 Å². The Morgan fingerprint density at radius 2 is 2.12 bits per heavy atom. The van der Waals surface area contributed by atoms with Crippen LogP contribution in [-0.4, -0.2) is 25.8 Å². The number of hydrogen-bond acceptors (Lipinski definition) is 3. The van der Waals surface area contributed by atoms with Crippen LogP contribution < -0.4 is 0 Å². The third-order valence-electron chi connectivity index (χ3n) is 2.14. The van der Waals surface area contributed by atoms with Gasteiger partial charge >= 0.3 is 5.97 Å². The van der Waals surface area contributed by atoms with Crippen molar-refractivity contribution < 1.29 is 9.90 Å². The highest BCUT2D eigenvalue weighted by molar-refractivity contribution is 6.29. The summed E-state index contributed by atoms with van der Waals surface area (Å²) in [5.41, 5.74) is 0.918. The average Bonchev–Trinajstić information content (AvgIpc) is 2.61. The SMILES string of the molecule is Cc1cn(-c2ccc(Cl)nn2)cc1C(=O)O. The van der Waals surface area contributed by atoms with Gasteiger partial charge < -0.3 is 9.67 Å². The smallest absolute Gasteiger partial charge is 0.337 e. The van der Waals surface area contributed by atoms with Crippen LogP contribution in [0.25, 0.3) is 5.82 Å². The summed E-state index contributed by atoms with van der Waals surface area (Å²) in [4.78, 5) is 10.9. The second kappa shape index (κ2) is 3.94. The van der Waals surface area contributed by atoms with Gasteiger partial charge in [-0.3, -0.25) is 0 Å². The second-order valence-electron chi connectivity index (χ2n) is 3.28. The molecule has 16 heavy (non-hydrogen) atoms. The first kappa shape index (κ1) is 10.6. The second-order valence-corrected chi connectivity index (χ2v) is 3.67. The van der Waals surface area contributed by atoms with Crippen molar-refractivity contribution in [1.29, 1.82) is 0 Å². The average molecular weight is 238 g/mol. The number of carboxylic acids is 1. The first-order valence-electron chi connectivity index (χ1n) is 4.49. The van der Waals surface area contributed by atoms with Crippen LogP contribution in [0.3, 0.4) is 0 Å². The van der Waals surface area contributed by atoms with Crippen LogP contribution in [0, 0.1) is 6.92 Å². The summed E-state index contributed by atoms with van der Waals surface area (Å²) >= 11 is 5.61. The molecule has 0 saturated carbocycles. The summed E-state index contributed by atoms with van der Waals surface area (Å²) in [7, 11) is 0. The molecule has 0 unspecified atom stereocenters. The Morgan fingerprint density at radius 1 is 1.38 bits per heavy atom. The largest absolute Gasteiger partial charge is 0.478 e. The van der Waals surface area contributed by atoms with Crippen molar-refractivity contribution in [2.75, 3.05) is 0 Å². The first-order chi connectivity index (χ1) is 7.58. The third-order valence-corrected chi connectivity index (χ3v) is 2.34. The first-order valence-corrected chi connectivity index (χ1v) is 4.87. The van der Waals surface area contributed by atoms with E-state index in [2.05, 4.69) is 10.2 Å². The maximum atomic E-state index is 10.9. The minimum Gasteiger partial charge on any atom is -0.478 e. The van der Waals surface area contributed by atoms with Crippen molar-refractivity contribution >= 4 is 17.6 Å². The third kappa shape index (κ3) is 1.90. The fourth-order valence-electron chi connectivity index (χ4n) is 1.36. The quantitative estimate of drug-likeness (QED) is 0.867. The van der Waals surface area contributed by atoms with E-state index >= 15 is 0 Å². The van der Waals surface area contributed by atoms with E-state index < -0.39 is 5.97 Å². The molecule has 0 atom stereocenters. The van der Waals surface area contributed by atoms with Crippen LogP contribution in [0.2, 0.25) is 5.15 Å². The molecule has 1 N–H and O–H groups in total. The van der Waals surface area contributed by atoms with Crippen LogP contribution in [0.15, 0.2) is 24.5 Å². The Bertz CT molecular complexity index is 533. The molecule has 0 spiro atoms. The van der Waals surface area contributed by atoms with Crippen molar-refractivity contribution in [2.45, 2.75) is 6.92 Å². The molecule has 0 aliphatic rings. The lowest BCUT2D eigenvalue weighted by molar-refractivity contribution is 0.0696. The molecule has 0 saturated heterocycles. The number of nitrogens with zero attached hydrogens (tertiary/aromatic N) is 3. The predicted molar refractivity (Wildman–Crippen MR) is 58.1 cm³/mol. The van der Waals surface area contributed by atoms with Gasteiger partial charge in [0, 0.05) is 12.4 Å². The summed E-state index contributed by atoms with van der Waals surface area (Å²) < 4.78 is 1.60. The zero-order valence-corrected chi connectivity index (χ0v) is 9.14. The molecule has 0 radical (unpaired) electrons. The molecule has 0 bridgehead atoms. The lowest BCUT2D eigenvalue weighted by Crippen LogP contribution is -1.97. The lowest BCUT2D eigenvalue weighted by atomic mass is 10.2. The highest BCUT2D eigenvalue weighted by atomic mass is 35.5. The fourth-order valence-corrected chi connectivity index (χ4v) is 1.46. The van der Waals surface area contributed by atoms with E-state index in [1.165, 1.54) is 6.20 Å². The summed E-state index contributed by atoms with van der Waals surface area (Å²) in [6.07, 6.45) is 3.18. The van der Waals surface area contributed by atoms with E-state index in [0.717, 1.165) is 0 Å². The van der Waals surface area contributed by atoms with Crippen molar-refractivity contribution in [3.05, 3.63) is 40.8 Å². The van der Waals surface area contributed by atoms with Crippen LogP contribution in [-0.2, 0) is 0 Å². The predicted octanol–water partition coefficient (Wildman–Crippen LogP) is 1.93. The van der Waals surface area contributed by atoms with Gasteiger partial charge in [-0.25, -0.2) is 4.79 Å². The lowest BCUT2D eigenvalue weighted by Gasteiger charge is -1.98. The number of aryl methyl sites for hydroxylation is 1. The van der Waals surface area contributed by atoms with E-state index in [0.29, 0.717) is 16.5 Å². The fraction of sp³-hybridized carbons (Fsp3) is 0.100. The Balaban J connectivity index is 2.45. The van der Waals surface area contributed by atoms with Crippen molar-refractivity contribution in [3.63, 3.8) is 0 Å². The Hall–Kier alpha value is -1.88. The van der Waals surface area contributed by atoms with E-state index in [-0.39, 0.29) is 5.56 Å². The zero-order chi connectivity index (χ0) is 11.7. The minimum atomic E-state index is -0.960. The van der Waals surface area contributed by atoms with Gasteiger partial charge in [0.15, 0.2) is 11.0 Å². The molecule has 0 aliphatic carbocycles. The molecule has 2 rings (SSSR count). The molecular formula is C10H8ClN3O2. The topological polar surface area (TPSA) is 68.0 Å². The number of carbonyl (C=O) groups is 1. The zero-order valence-electron chi connectivity index (χ0n) is 8.38. The van der Waals surface area contributed by atoms with E-state index in [4.69, 9.17) is 16.7 Å². The molecule has 2 heterocycles. The number of aromatic carboxylic acids is 1. The van der Waals surface area contributed by atoms with Crippen molar-refractivity contribution in [3.8, 4) is 5.82 Å². The molecule has 0 amide bonds. The molecule has 0 fully saturated rings. The van der Waals surface area contributed by atoms with E-state index in [9.17, 15) is 4.79 Å². The van der Waals surface area contributed by atoms with Gasteiger partial charge in [-0.2, -0.15) is 0 Å². The molecule has 6 heteroatoms. The van der Waals surface area contributed by atoms with E-state index in [1.807, 2.05) is 0 Å². The Labute approximate surface area is 96.3 Å². The monoisotopic (exact) mass is 237 g/mol. The van der Waals surface area contributed by atoms with Gasteiger partial charge in [-0.1, -0.05) is 11.6 Å². The molecule has 82 valence electrons. The van der Waals surface area contributed by atoms with Crippen LogP contribution in [0.4, 0.5) is 0 Å². The van der Waals surface area contributed by atoms with Crippen LogP contribution in [0.5, 0.6) is 0 Å². The van der Waals surface area contributed by atoms with Gasteiger partial charge in [-0.15, -0.1) is 10.2 Å². The molecule has 5 nitrogen and oxygen atoms in total. The number of hydrogen-bond donors (Lipinski definition) is 1. The maximum absolute atomic E-state index is 10.9. The van der Waals surface area contributed by atoms with Gasteiger partial charge in [0.25, 0.3) is 0 Å².